The summed E-state index contributed by atoms with van der Waals surface area (Å²) in [5.74, 6) is -3.85. The number of amides is 2. The summed E-state index contributed by atoms with van der Waals surface area (Å²) in [6, 6.07) is 0. The van der Waals surface area contributed by atoms with Crippen LogP contribution in [0.3, 0.4) is 0 Å². The lowest BCUT2D eigenvalue weighted by Gasteiger charge is -2.08. The van der Waals surface area contributed by atoms with E-state index >= 15 is 0 Å². The van der Waals surface area contributed by atoms with Crippen LogP contribution in [0.4, 0.5) is 0 Å². The first-order chi connectivity index (χ1) is 19.2. The minimum atomic E-state index is -0.706. The van der Waals surface area contributed by atoms with E-state index in [1.807, 2.05) is 0 Å². The second-order valence-corrected chi connectivity index (χ2v) is 8.28. The molecular weight excluding hydrogens is 532 g/mol. The van der Waals surface area contributed by atoms with Crippen LogP contribution in [0.5, 0.6) is 0 Å². The highest BCUT2D eigenvalue weighted by Crippen LogP contribution is 2.03. The van der Waals surface area contributed by atoms with Gasteiger partial charge in [0.15, 0.2) is 0 Å². The van der Waals surface area contributed by atoms with Gasteiger partial charge in [0.2, 0.25) is 11.8 Å². The average Bonchev–Trinajstić information content (AvgIpc) is 2.92. The maximum absolute atomic E-state index is 11.8. The predicted molar refractivity (Wildman–Crippen MR) is 138 cm³/mol. The maximum Gasteiger partial charge on any atom is 0.330 e. The quantitative estimate of drug-likeness (QED) is 0.0572. The Morgan fingerprint density at radius 2 is 1.02 bits per heavy atom. The van der Waals surface area contributed by atoms with Crippen LogP contribution >= 0.6 is 0 Å². The summed E-state index contributed by atoms with van der Waals surface area (Å²) in [5.41, 5.74) is 0. The Hall–Kier alpha value is -3.97. The first-order valence-electron chi connectivity index (χ1n) is 13.0. The third-order valence-electron chi connectivity index (χ3n) is 4.94. The molecule has 0 aromatic carbocycles. The van der Waals surface area contributed by atoms with E-state index in [0.29, 0.717) is 44.9 Å². The van der Waals surface area contributed by atoms with Crippen LogP contribution in [0.1, 0.15) is 64.2 Å². The predicted octanol–water partition coefficient (Wildman–Crippen LogP) is 0.652. The molecule has 0 aliphatic heterocycles. The minimum absolute atomic E-state index is 0.0398. The minimum Gasteiger partial charge on any atom is -0.469 e. The van der Waals surface area contributed by atoms with Crippen molar-refractivity contribution in [2.24, 2.45) is 0 Å². The Bertz CT molecular complexity index is 844. The monoisotopic (exact) mass is 572 g/mol. The van der Waals surface area contributed by atoms with Gasteiger partial charge in [0, 0.05) is 32.0 Å². The molecule has 0 aromatic rings. The van der Waals surface area contributed by atoms with Crippen LogP contribution in [0.15, 0.2) is 12.7 Å². The van der Waals surface area contributed by atoms with Gasteiger partial charge in [-0.1, -0.05) is 6.58 Å². The third-order valence-corrected chi connectivity index (χ3v) is 4.94. The lowest BCUT2D eigenvalue weighted by Crippen LogP contribution is -2.36. The summed E-state index contributed by atoms with van der Waals surface area (Å²) in [6.45, 7) is 3.51. The van der Waals surface area contributed by atoms with E-state index in [4.69, 9.17) is 14.2 Å². The van der Waals surface area contributed by atoms with Crippen molar-refractivity contribution in [3.8, 4) is 0 Å². The largest absolute Gasteiger partial charge is 0.469 e. The molecule has 0 bridgehead atoms. The summed E-state index contributed by atoms with van der Waals surface area (Å²) in [4.78, 5) is 80.2. The fraction of sp³-hybridized carbons (Fsp3) is 0.654. The second kappa shape index (κ2) is 24.1. The number of rotatable bonds is 23. The molecule has 0 fully saturated rings. The summed E-state index contributed by atoms with van der Waals surface area (Å²) in [6.07, 6.45) is 4.02. The van der Waals surface area contributed by atoms with E-state index < -0.39 is 48.5 Å². The zero-order valence-electron chi connectivity index (χ0n) is 23.0. The van der Waals surface area contributed by atoms with E-state index in [0.717, 1.165) is 6.08 Å². The van der Waals surface area contributed by atoms with Gasteiger partial charge in [-0.2, -0.15) is 0 Å². The van der Waals surface area contributed by atoms with Crippen molar-refractivity contribution in [1.82, 2.24) is 10.6 Å². The van der Waals surface area contributed by atoms with Crippen molar-refractivity contribution in [2.75, 3.05) is 46.6 Å². The van der Waals surface area contributed by atoms with Crippen molar-refractivity contribution < 1.29 is 57.2 Å². The van der Waals surface area contributed by atoms with Crippen LogP contribution in [0.25, 0.3) is 0 Å². The molecule has 226 valence electrons. The molecule has 2 N–H and O–H groups in total. The molecule has 2 amide bonds. The van der Waals surface area contributed by atoms with Crippen LogP contribution in [-0.4, -0.2) is 88.3 Å². The second-order valence-electron chi connectivity index (χ2n) is 8.28. The Morgan fingerprint density at radius 1 is 0.575 bits per heavy atom. The maximum atomic E-state index is 11.8. The molecule has 0 radical (unpaired) electrons. The highest BCUT2D eigenvalue weighted by atomic mass is 16.6. The average molecular weight is 573 g/mol. The number of carbonyl (C=O) groups is 7. The number of hydrogen-bond acceptors (Lipinski definition) is 12. The van der Waals surface area contributed by atoms with Crippen LogP contribution < -0.4 is 10.6 Å². The third kappa shape index (κ3) is 23.2. The number of ether oxygens (including phenoxy) is 5. The molecule has 0 aliphatic rings. The smallest absolute Gasteiger partial charge is 0.330 e. The van der Waals surface area contributed by atoms with Gasteiger partial charge in [-0.05, 0) is 38.5 Å². The van der Waals surface area contributed by atoms with Crippen LogP contribution in [-0.2, 0) is 57.2 Å². The Morgan fingerprint density at radius 3 is 1.50 bits per heavy atom. The summed E-state index contributed by atoms with van der Waals surface area (Å²) >= 11 is 0. The van der Waals surface area contributed by atoms with E-state index in [1.54, 1.807) is 0 Å². The van der Waals surface area contributed by atoms with Gasteiger partial charge in [0.25, 0.3) is 0 Å². The van der Waals surface area contributed by atoms with E-state index in [1.165, 1.54) is 7.11 Å². The number of nitrogens with one attached hydrogen (secondary N) is 2. The van der Waals surface area contributed by atoms with Crippen LogP contribution in [0, 0.1) is 0 Å². The van der Waals surface area contributed by atoms with E-state index in [2.05, 4.69) is 26.7 Å². The first-order valence-corrected chi connectivity index (χ1v) is 13.0. The molecular formula is C26H40N2O12. The van der Waals surface area contributed by atoms with Gasteiger partial charge in [-0.15, -0.1) is 0 Å². The Balaban J connectivity index is 3.67. The molecule has 40 heavy (non-hydrogen) atoms. The molecule has 0 rings (SSSR count). The van der Waals surface area contributed by atoms with Crippen molar-refractivity contribution in [3.63, 3.8) is 0 Å². The van der Waals surface area contributed by atoms with Gasteiger partial charge in [-0.25, -0.2) is 4.79 Å². The molecule has 0 unspecified atom stereocenters. The van der Waals surface area contributed by atoms with Crippen molar-refractivity contribution in [1.29, 1.82) is 0 Å². The zero-order valence-corrected chi connectivity index (χ0v) is 23.0. The fourth-order valence-corrected chi connectivity index (χ4v) is 2.89. The summed E-state index contributed by atoms with van der Waals surface area (Å²) in [7, 11) is 1.32. The van der Waals surface area contributed by atoms with Crippen LogP contribution in [0.2, 0.25) is 0 Å². The molecule has 0 heterocycles. The highest BCUT2D eigenvalue weighted by Gasteiger charge is 2.12. The topological polar surface area (TPSA) is 190 Å². The van der Waals surface area contributed by atoms with Crippen molar-refractivity contribution in [2.45, 2.75) is 64.2 Å². The van der Waals surface area contributed by atoms with Crippen molar-refractivity contribution in [3.05, 3.63) is 12.7 Å². The molecule has 14 nitrogen and oxygen atoms in total. The number of methoxy groups -OCH3 is 1. The SMILES string of the molecule is C=CC(=O)OCCOC(=O)CCCCCOC(=O)CC(=O)NCCNC(=O)CC(=O)OCCCCCC(=O)OC. The van der Waals surface area contributed by atoms with E-state index in [-0.39, 0.29) is 51.9 Å². The first kappa shape index (κ1) is 36.0. The summed E-state index contributed by atoms with van der Waals surface area (Å²) < 4.78 is 24.0. The number of carbonyl (C=O) groups excluding carboxylic acids is 7. The summed E-state index contributed by atoms with van der Waals surface area (Å²) in [5, 5.41) is 4.91. The fourth-order valence-electron chi connectivity index (χ4n) is 2.89. The lowest BCUT2D eigenvalue weighted by molar-refractivity contribution is -0.150. The number of esters is 5. The van der Waals surface area contributed by atoms with E-state index in [9.17, 15) is 33.6 Å². The number of unbranched alkanes of at least 4 members (excludes halogenated alkanes) is 4. The van der Waals surface area contributed by atoms with Crippen molar-refractivity contribution >= 4 is 41.7 Å². The lowest BCUT2D eigenvalue weighted by atomic mass is 10.2. The molecule has 0 atom stereocenters. The molecule has 0 saturated heterocycles. The molecule has 14 heteroatoms. The van der Waals surface area contributed by atoms with Gasteiger partial charge >= 0.3 is 29.8 Å². The van der Waals surface area contributed by atoms with Gasteiger partial charge in [0.1, 0.15) is 26.1 Å². The van der Waals surface area contributed by atoms with Gasteiger partial charge in [-0.3, -0.25) is 28.8 Å². The highest BCUT2D eigenvalue weighted by molar-refractivity contribution is 5.95. The Kier molecular flexibility index (Phi) is 21.7. The zero-order chi connectivity index (χ0) is 30.0. The molecule has 0 aromatic heterocycles. The van der Waals surface area contributed by atoms with Gasteiger partial charge < -0.3 is 34.3 Å². The van der Waals surface area contributed by atoms with Gasteiger partial charge in [0.05, 0.1) is 20.3 Å². The normalized spacial score (nSPS) is 10.0. The molecule has 0 aliphatic carbocycles. The molecule has 0 spiro atoms. The number of hydrogen-bond donors (Lipinski definition) is 2. The molecule has 0 saturated carbocycles. The Labute approximate surface area is 233 Å². The standard InChI is InChI=1S/C26H40N2O12/c1-3-22(31)39-16-17-40-24(33)11-7-5-9-15-38-26(35)19-21(30)28-13-12-27-20(29)18-25(34)37-14-8-4-6-10-23(32)36-2/h3H,1,4-19H2,2H3,(H,27,29)(H,28,30).